The van der Waals surface area contributed by atoms with Gasteiger partial charge in [-0.25, -0.2) is 0 Å². The maximum absolute atomic E-state index is 12.1. The Kier molecular flexibility index (Phi) is 4.62. The molecule has 0 aromatic heterocycles. The Balaban J connectivity index is 2.00. The molecule has 0 radical (unpaired) electrons. The van der Waals surface area contributed by atoms with Crippen molar-refractivity contribution in [3.8, 4) is 0 Å². The van der Waals surface area contributed by atoms with E-state index in [2.05, 4.69) is 39.8 Å². The molecule has 128 valence electrons. The largest absolute Gasteiger partial charge is 0.269 e. The van der Waals surface area contributed by atoms with E-state index >= 15 is 0 Å². The van der Waals surface area contributed by atoms with Crippen molar-refractivity contribution in [1.29, 1.82) is 0 Å². The third-order valence-electron chi connectivity index (χ3n) is 4.99. The Hall–Kier alpha value is -1.90. The van der Waals surface area contributed by atoms with Gasteiger partial charge in [0.1, 0.15) is 0 Å². The van der Waals surface area contributed by atoms with Crippen LogP contribution in [0, 0.1) is 11.8 Å². The topological polar surface area (TPSA) is 37.4 Å². The SMILES string of the molecule is CC(C)Cc1ccc2c(c1CC(C)C)CC[C@@H]2N1C(=O)C=CC1=O. The molecule has 1 aliphatic carbocycles. The zero-order chi connectivity index (χ0) is 17.4. The number of carbonyl (C=O) groups excluding carboxylic acids is 2. The highest BCUT2D eigenvalue weighted by Crippen LogP contribution is 2.40. The van der Waals surface area contributed by atoms with Crippen LogP contribution in [0.4, 0.5) is 0 Å². The van der Waals surface area contributed by atoms with Crippen LogP contribution in [0.5, 0.6) is 0 Å². The molecule has 24 heavy (non-hydrogen) atoms. The minimum absolute atomic E-state index is 0.0889. The summed E-state index contributed by atoms with van der Waals surface area (Å²) in [5, 5.41) is 0. The van der Waals surface area contributed by atoms with Crippen LogP contribution < -0.4 is 0 Å². The van der Waals surface area contributed by atoms with Gasteiger partial charge in [-0.1, -0.05) is 39.8 Å². The van der Waals surface area contributed by atoms with Gasteiger partial charge in [-0.3, -0.25) is 14.5 Å². The number of carbonyl (C=O) groups is 2. The van der Waals surface area contributed by atoms with Gasteiger partial charge in [-0.15, -0.1) is 0 Å². The van der Waals surface area contributed by atoms with Crippen LogP contribution in [-0.4, -0.2) is 16.7 Å². The van der Waals surface area contributed by atoms with Gasteiger partial charge in [0.15, 0.2) is 0 Å². The van der Waals surface area contributed by atoms with Crippen LogP contribution in [0.2, 0.25) is 0 Å². The smallest absolute Gasteiger partial charge is 0.254 e. The molecule has 3 nitrogen and oxygen atoms in total. The summed E-state index contributed by atoms with van der Waals surface area (Å²) in [6.07, 6.45) is 6.75. The Labute approximate surface area is 144 Å². The van der Waals surface area contributed by atoms with E-state index < -0.39 is 0 Å². The average molecular weight is 325 g/mol. The second-order valence-electron chi connectivity index (χ2n) is 7.90. The maximum atomic E-state index is 12.1. The summed E-state index contributed by atoms with van der Waals surface area (Å²) in [6.45, 7) is 9.01. The standard InChI is InChI=1S/C21H27NO2/c1-13(2)11-15-5-6-17-16(18(15)12-14(3)4)7-8-19(17)22-20(23)9-10-21(22)24/h5-6,9-10,13-14,19H,7-8,11-12H2,1-4H3/t19-/m0/s1. The van der Waals surface area contributed by atoms with E-state index in [1.54, 1.807) is 0 Å². The van der Waals surface area contributed by atoms with Gasteiger partial charge in [0, 0.05) is 12.2 Å². The van der Waals surface area contributed by atoms with Crippen LogP contribution in [0.15, 0.2) is 24.3 Å². The van der Waals surface area contributed by atoms with E-state index in [0.717, 1.165) is 25.7 Å². The van der Waals surface area contributed by atoms with Crippen molar-refractivity contribution in [1.82, 2.24) is 4.90 Å². The molecular formula is C21H27NO2. The third kappa shape index (κ3) is 3.04. The summed E-state index contributed by atoms with van der Waals surface area (Å²) in [6, 6.07) is 4.30. The molecule has 3 rings (SSSR count). The van der Waals surface area contributed by atoms with E-state index in [1.807, 2.05) is 0 Å². The summed E-state index contributed by atoms with van der Waals surface area (Å²) in [5.74, 6) is 0.874. The molecule has 0 fully saturated rings. The zero-order valence-electron chi connectivity index (χ0n) is 15.1. The number of rotatable bonds is 5. The van der Waals surface area contributed by atoms with Crippen LogP contribution in [0.1, 0.15) is 62.4 Å². The first-order valence-corrected chi connectivity index (χ1v) is 9.07. The van der Waals surface area contributed by atoms with Gasteiger partial charge in [0.25, 0.3) is 11.8 Å². The molecule has 2 amide bonds. The lowest BCUT2D eigenvalue weighted by Crippen LogP contribution is -2.33. The first-order valence-electron chi connectivity index (χ1n) is 9.07. The second kappa shape index (κ2) is 6.54. The van der Waals surface area contributed by atoms with Crippen LogP contribution in [0.3, 0.4) is 0 Å². The van der Waals surface area contributed by atoms with Gasteiger partial charge < -0.3 is 0 Å². The van der Waals surface area contributed by atoms with Gasteiger partial charge in [0.05, 0.1) is 6.04 Å². The molecule has 0 saturated heterocycles. The molecule has 0 unspecified atom stereocenters. The van der Waals surface area contributed by atoms with Crippen molar-refractivity contribution in [2.75, 3.05) is 0 Å². The molecule has 2 aliphatic rings. The zero-order valence-corrected chi connectivity index (χ0v) is 15.1. The van der Waals surface area contributed by atoms with Gasteiger partial charge in [-0.2, -0.15) is 0 Å². The Bertz CT molecular complexity index is 682. The van der Waals surface area contributed by atoms with Crippen molar-refractivity contribution < 1.29 is 9.59 Å². The molecular weight excluding hydrogens is 298 g/mol. The minimum atomic E-state index is -0.172. The molecule has 1 aromatic rings. The summed E-state index contributed by atoms with van der Waals surface area (Å²) < 4.78 is 0. The molecule has 0 spiro atoms. The summed E-state index contributed by atoms with van der Waals surface area (Å²) in [4.78, 5) is 25.6. The Morgan fingerprint density at radius 3 is 2.21 bits per heavy atom. The highest BCUT2D eigenvalue weighted by atomic mass is 16.2. The fourth-order valence-electron chi connectivity index (χ4n) is 4.08. The highest BCUT2D eigenvalue weighted by molar-refractivity contribution is 6.13. The summed E-state index contributed by atoms with van der Waals surface area (Å²) in [7, 11) is 0. The first-order chi connectivity index (χ1) is 11.4. The molecule has 3 heteroatoms. The van der Waals surface area contributed by atoms with Crippen LogP contribution >= 0.6 is 0 Å². The van der Waals surface area contributed by atoms with Crippen molar-refractivity contribution >= 4 is 11.8 Å². The Morgan fingerprint density at radius 2 is 1.62 bits per heavy atom. The number of imide groups is 1. The van der Waals surface area contributed by atoms with Gasteiger partial charge >= 0.3 is 0 Å². The Morgan fingerprint density at radius 1 is 1.00 bits per heavy atom. The highest BCUT2D eigenvalue weighted by Gasteiger charge is 2.37. The lowest BCUT2D eigenvalue weighted by Gasteiger charge is -2.24. The lowest BCUT2D eigenvalue weighted by molar-refractivity contribution is -0.139. The summed E-state index contributed by atoms with van der Waals surface area (Å²) in [5.41, 5.74) is 5.48. The second-order valence-corrected chi connectivity index (χ2v) is 7.90. The third-order valence-corrected chi connectivity index (χ3v) is 4.99. The monoisotopic (exact) mass is 325 g/mol. The molecule has 1 aliphatic heterocycles. The van der Waals surface area contributed by atoms with Crippen LogP contribution in [-0.2, 0) is 28.9 Å². The van der Waals surface area contributed by atoms with E-state index in [0.29, 0.717) is 11.8 Å². The van der Waals surface area contributed by atoms with Crippen molar-refractivity contribution in [3.63, 3.8) is 0 Å². The molecule has 1 heterocycles. The lowest BCUT2D eigenvalue weighted by atomic mass is 9.87. The van der Waals surface area contributed by atoms with Crippen molar-refractivity contribution in [3.05, 3.63) is 46.5 Å². The normalized spacial score (nSPS) is 19.9. The van der Waals surface area contributed by atoms with E-state index in [4.69, 9.17) is 0 Å². The number of amides is 2. The van der Waals surface area contributed by atoms with Crippen molar-refractivity contribution in [2.24, 2.45) is 11.8 Å². The number of hydrogen-bond donors (Lipinski definition) is 0. The van der Waals surface area contributed by atoms with E-state index in [1.165, 1.54) is 39.3 Å². The molecule has 0 saturated carbocycles. The number of hydrogen-bond acceptors (Lipinski definition) is 2. The molecule has 0 N–H and O–H groups in total. The molecule has 1 aromatic carbocycles. The van der Waals surface area contributed by atoms with Gasteiger partial charge in [0.2, 0.25) is 0 Å². The quantitative estimate of drug-likeness (QED) is 0.768. The minimum Gasteiger partial charge on any atom is -0.269 e. The van der Waals surface area contributed by atoms with E-state index in [9.17, 15) is 9.59 Å². The van der Waals surface area contributed by atoms with Crippen molar-refractivity contribution in [2.45, 2.75) is 59.4 Å². The van der Waals surface area contributed by atoms with Gasteiger partial charge in [-0.05, 0) is 59.8 Å². The predicted molar refractivity (Wildman–Crippen MR) is 95.6 cm³/mol. The summed E-state index contributed by atoms with van der Waals surface area (Å²) >= 11 is 0. The van der Waals surface area contributed by atoms with Crippen LogP contribution in [0.25, 0.3) is 0 Å². The predicted octanol–water partition coefficient (Wildman–Crippen LogP) is 4.00. The number of benzene rings is 1. The fraction of sp³-hybridized carbons (Fsp3) is 0.524. The average Bonchev–Trinajstić information content (AvgIpc) is 3.04. The molecule has 0 bridgehead atoms. The van der Waals surface area contributed by atoms with E-state index in [-0.39, 0.29) is 17.9 Å². The number of nitrogens with zero attached hydrogens (tertiary/aromatic N) is 1. The number of fused-ring (bicyclic) bond motifs is 1. The fourth-order valence-corrected chi connectivity index (χ4v) is 4.08. The maximum Gasteiger partial charge on any atom is 0.254 e. The first kappa shape index (κ1) is 16.9. The molecule has 1 atom stereocenters.